The highest BCUT2D eigenvalue weighted by Crippen LogP contribution is 2.28. The van der Waals surface area contributed by atoms with Crippen molar-refractivity contribution < 1.29 is 9.53 Å². The van der Waals surface area contributed by atoms with Gasteiger partial charge in [-0.3, -0.25) is 4.79 Å². The minimum atomic E-state index is 0.0269. The van der Waals surface area contributed by atoms with Gasteiger partial charge < -0.3 is 10.1 Å². The number of nitrogens with one attached hydrogen (secondary N) is 1. The minimum Gasteiger partial charge on any atom is -0.494 e. The molecular weight excluding hydrogens is 322 g/mol. The Hall–Kier alpha value is -2.29. The lowest BCUT2D eigenvalue weighted by Gasteiger charge is -2.23. The van der Waals surface area contributed by atoms with E-state index in [0.29, 0.717) is 19.4 Å². The van der Waals surface area contributed by atoms with Gasteiger partial charge in [-0.25, -0.2) is 0 Å². The van der Waals surface area contributed by atoms with Crippen molar-refractivity contribution in [1.82, 2.24) is 5.32 Å². The first-order valence-corrected chi connectivity index (χ1v) is 9.50. The fraction of sp³-hybridized carbons (Fsp3) is 0.435. The predicted molar refractivity (Wildman–Crippen MR) is 107 cm³/mol. The van der Waals surface area contributed by atoms with Crippen molar-refractivity contribution in [3.05, 3.63) is 65.7 Å². The van der Waals surface area contributed by atoms with Gasteiger partial charge in [0.05, 0.1) is 12.6 Å². The summed E-state index contributed by atoms with van der Waals surface area (Å²) in [5, 5.41) is 3.03. The van der Waals surface area contributed by atoms with Crippen LogP contribution in [0.15, 0.2) is 54.6 Å². The van der Waals surface area contributed by atoms with Gasteiger partial charge in [0.1, 0.15) is 5.75 Å². The molecule has 0 spiro atoms. The average molecular weight is 354 g/mol. The minimum absolute atomic E-state index is 0.0269. The van der Waals surface area contributed by atoms with Crippen molar-refractivity contribution in [2.24, 2.45) is 0 Å². The fourth-order valence-corrected chi connectivity index (χ4v) is 2.77. The quantitative estimate of drug-likeness (QED) is 0.612. The lowest BCUT2D eigenvalue weighted by Crippen LogP contribution is -2.26. The molecule has 0 aliphatic heterocycles. The van der Waals surface area contributed by atoms with Crippen LogP contribution in [-0.2, 0) is 10.2 Å². The highest BCUT2D eigenvalue weighted by Gasteiger charge is 2.17. The SMILES string of the molecule is CCC(C)(C)c1ccc(OCCCC(=O)NC(C)c2ccccc2)cc1. The maximum absolute atomic E-state index is 12.1. The van der Waals surface area contributed by atoms with Gasteiger partial charge in [-0.05, 0) is 48.4 Å². The zero-order valence-electron chi connectivity index (χ0n) is 16.4. The van der Waals surface area contributed by atoms with Gasteiger partial charge in [0.15, 0.2) is 0 Å². The Morgan fingerprint density at radius 1 is 1.08 bits per heavy atom. The van der Waals surface area contributed by atoms with E-state index in [0.717, 1.165) is 17.7 Å². The predicted octanol–water partition coefficient (Wildman–Crippen LogP) is 5.41. The molecular formula is C23H31NO2. The smallest absolute Gasteiger partial charge is 0.220 e. The molecule has 2 rings (SSSR count). The van der Waals surface area contributed by atoms with Crippen LogP contribution < -0.4 is 10.1 Å². The van der Waals surface area contributed by atoms with Gasteiger partial charge in [-0.2, -0.15) is 0 Å². The molecule has 0 aromatic heterocycles. The van der Waals surface area contributed by atoms with Crippen molar-refractivity contribution in [2.75, 3.05) is 6.61 Å². The molecule has 0 saturated carbocycles. The van der Waals surface area contributed by atoms with Crippen molar-refractivity contribution in [2.45, 2.75) is 58.4 Å². The summed E-state index contributed by atoms with van der Waals surface area (Å²) in [4.78, 5) is 12.1. The standard InChI is InChI=1S/C23H31NO2/c1-5-23(3,4)20-13-15-21(16-14-20)26-17-9-12-22(25)24-18(2)19-10-7-6-8-11-19/h6-8,10-11,13-16,18H,5,9,12,17H2,1-4H3,(H,24,25). The van der Waals surface area contributed by atoms with Crippen LogP contribution in [0.4, 0.5) is 0 Å². The molecule has 140 valence electrons. The number of carbonyl (C=O) groups excluding carboxylic acids is 1. The van der Waals surface area contributed by atoms with Gasteiger partial charge in [-0.1, -0.05) is 63.2 Å². The van der Waals surface area contributed by atoms with Crippen LogP contribution in [0.25, 0.3) is 0 Å². The number of amides is 1. The topological polar surface area (TPSA) is 38.3 Å². The molecule has 3 nitrogen and oxygen atoms in total. The number of rotatable bonds is 9. The van der Waals surface area contributed by atoms with E-state index in [1.165, 1.54) is 5.56 Å². The fourth-order valence-electron chi connectivity index (χ4n) is 2.77. The summed E-state index contributed by atoms with van der Waals surface area (Å²) in [5.41, 5.74) is 2.63. The Morgan fingerprint density at radius 3 is 2.35 bits per heavy atom. The van der Waals surface area contributed by atoms with Gasteiger partial charge in [0.25, 0.3) is 0 Å². The van der Waals surface area contributed by atoms with E-state index in [4.69, 9.17) is 4.74 Å². The molecule has 0 heterocycles. The van der Waals surface area contributed by atoms with Crippen molar-refractivity contribution in [1.29, 1.82) is 0 Å². The summed E-state index contributed by atoms with van der Waals surface area (Å²) in [6.45, 7) is 9.25. The normalized spacial score (nSPS) is 12.5. The molecule has 0 aliphatic rings. The van der Waals surface area contributed by atoms with Crippen molar-refractivity contribution in [3.63, 3.8) is 0 Å². The molecule has 1 amide bonds. The van der Waals surface area contributed by atoms with Gasteiger partial charge in [-0.15, -0.1) is 0 Å². The van der Waals surface area contributed by atoms with E-state index in [2.05, 4.69) is 38.2 Å². The number of benzene rings is 2. The van der Waals surface area contributed by atoms with Crippen LogP contribution in [0, 0.1) is 0 Å². The summed E-state index contributed by atoms with van der Waals surface area (Å²) < 4.78 is 5.77. The Morgan fingerprint density at radius 2 is 1.73 bits per heavy atom. The summed E-state index contributed by atoms with van der Waals surface area (Å²) >= 11 is 0. The highest BCUT2D eigenvalue weighted by atomic mass is 16.5. The lowest BCUT2D eigenvalue weighted by molar-refractivity contribution is -0.121. The highest BCUT2D eigenvalue weighted by molar-refractivity contribution is 5.76. The second-order valence-electron chi connectivity index (χ2n) is 7.41. The van der Waals surface area contributed by atoms with Crippen molar-refractivity contribution in [3.8, 4) is 5.75 Å². The van der Waals surface area contributed by atoms with Gasteiger partial charge >= 0.3 is 0 Å². The zero-order chi connectivity index (χ0) is 19.0. The largest absolute Gasteiger partial charge is 0.494 e. The monoisotopic (exact) mass is 353 g/mol. The number of hydrogen-bond acceptors (Lipinski definition) is 2. The first-order valence-electron chi connectivity index (χ1n) is 9.50. The molecule has 2 aromatic carbocycles. The van der Waals surface area contributed by atoms with E-state index < -0.39 is 0 Å². The molecule has 1 N–H and O–H groups in total. The number of ether oxygens (including phenoxy) is 1. The second-order valence-corrected chi connectivity index (χ2v) is 7.41. The van der Waals surface area contributed by atoms with Crippen LogP contribution in [0.3, 0.4) is 0 Å². The van der Waals surface area contributed by atoms with Crippen LogP contribution in [0.2, 0.25) is 0 Å². The Kier molecular flexibility index (Phi) is 7.26. The van der Waals surface area contributed by atoms with Crippen LogP contribution in [0.5, 0.6) is 5.75 Å². The molecule has 1 atom stereocenters. The van der Waals surface area contributed by atoms with E-state index >= 15 is 0 Å². The van der Waals surface area contributed by atoms with Crippen LogP contribution >= 0.6 is 0 Å². The van der Waals surface area contributed by atoms with E-state index in [-0.39, 0.29) is 17.4 Å². The Balaban J connectivity index is 1.71. The number of carbonyl (C=O) groups is 1. The zero-order valence-corrected chi connectivity index (χ0v) is 16.4. The van der Waals surface area contributed by atoms with Gasteiger partial charge in [0.2, 0.25) is 5.91 Å². The van der Waals surface area contributed by atoms with Gasteiger partial charge in [0, 0.05) is 6.42 Å². The molecule has 1 unspecified atom stereocenters. The summed E-state index contributed by atoms with van der Waals surface area (Å²) in [5.74, 6) is 0.920. The lowest BCUT2D eigenvalue weighted by atomic mass is 9.82. The summed E-state index contributed by atoms with van der Waals surface area (Å²) in [6.07, 6.45) is 2.28. The molecule has 0 fully saturated rings. The maximum Gasteiger partial charge on any atom is 0.220 e. The van der Waals surface area contributed by atoms with Crippen LogP contribution in [0.1, 0.15) is 64.1 Å². The summed E-state index contributed by atoms with van der Waals surface area (Å²) in [6, 6.07) is 18.3. The third kappa shape index (κ3) is 5.91. The van der Waals surface area contributed by atoms with Crippen molar-refractivity contribution >= 4 is 5.91 Å². The molecule has 0 bridgehead atoms. The molecule has 2 aromatic rings. The Bertz CT molecular complexity index is 677. The van der Waals surface area contributed by atoms with E-state index in [1.807, 2.05) is 49.4 Å². The molecule has 26 heavy (non-hydrogen) atoms. The Labute approximate surface area is 157 Å². The van der Waals surface area contributed by atoms with Crippen LogP contribution in [-0.4, -0.2) is 12.5 Å². The summed E-state index contributed by atoms with van der Waals surface area (Å²) in [7, 11) is 0. The molecule has 3 heteroatoms. The molecule has 0 radical (unpaired) electrons. The second kappa shape index (κ2) is 9.42. The maximum atomic E-state index is 12.1. The molecule has 0 saturated heterocycles. The van der Waals surface area contributed by atoms with E-state index in [1.54, 1.807) is 0 Å². The number of hydrogen-bond donors (Lipinski definition) is 1. The first-order chi connectivity index (χ1) is 12.4. The molecule has 0 aliphatic carbocycles. The first kappa shape index (κ1) is 20.0. The van der Waals surface area contributed by atoms with E-state index in [9.17, 15) is 4.79 Å². The third-order valence-electron chi connectivity index (χ3n) is 5.01. The average Bonchev–Trinajstić information content (AvgIpc) is 2.66. The third-order valence-corrected chi connectivity index (χ3v) is 5.01.